The lowest BCUT2D eigenvalue weighted by molar-refractivity contribution is 0.0164. The molecule has 0 spiro atoms. The Bertz CT molecular complexity index is 943. The van der Waals surface area contributed by atoms with Crippen LogP contribution in [0.5, 0.6) is 0 Å². The SMILES string of the molecule is CCCC/C=C1\c2ccccc2C(=O)OC1(c1ccccc1)P(=O)(OCC)OCC. The molecule has 5 nitrogen and oxygen atoms in total. The first-order valence-electron chi connectivity index (χ1n) is 10.5. The average Bonchev–Trinajstić information content (AvgIpc) is 2.76. The summed E-state index contributed by atoms with van der Waals surface area (Å²) in [6.45, 7) is 5.94. The van der Waals surface area contributed by atoms with Crippen LogP contribution < -0.4 is 0 Å². The number of cyclic esters (lactones) is 1. The van der Waals surface area contributed by atoms with Crippen LogP contribution in [0.25, 0.3) is 5.57 Å². The van der Waals surface area contributed by atoms with Crippen LogP contribution in [0, 0.1) is 0 Å². The van der Waals surface area contributed by atoms with E-state index in [4.69, 9.17) is 13.8 Å². The molecular formula is C24H29O5P. The Morgan fingerprint density at radius 1 is 0.933 bits per heavy atom. The Labute approximate surface area is 178 Å². The van der Waals surface area contributed by atoms with Gasteiger partial charge in [-0.3, -0.25) is 4.57 Å². The summed E-state index contributed by atoms with van der Waals surface area (Å²) >= 11 is 0. The molecule has 0 saturated heterocycles. The number of unbranched alkanes of at least 4 members (excludes halogenated alkanes) is 2. The molecule has 0 aromatic heterocycles. The zero-order valence-corrected chi connectivity index (χ0v) is 18.7. The predicted molar refractivity (Wildman–Crippen MR) is 118 cm³/mol. The molecule has 160 valence electrons. The van der Waals surface area contributed by atoms with E-state index in [2.05, 4.69) is 6.92 Å². The van der Waals surface area contributed by atoms with Crippen molar-refractivity contribution in [1.29, 1.82) is 0 Å². The van der Waals surface area contributed by atoms with Crippen molar-refractivity contribution in [3.8, 4) is 0 Å². The quantitative estimate of drug-likeness (QED) is 0.257. The van der Waals surface area contributed by atoms with Gasteiger partial charge in [-0.2, -0.15) is 0 Å². The van der Waals surface area contributed by atoms with E-state index in [9.17, 15) is 9.36 Å². The van der Waals surface area contributed by atoms with Gasteiger partial charge < -0.3 is 13.8 Å². The zero-order chi connectivity index (χ0) is 21.6. The summed E-state index contributed by atoms with van der Waals surface area (Å²) in [4.78, 5) is 13.1. The van der Waals surface area contributed by atoms with Gasteiger partial charge in [0.2, 0.25) is 0 Å². The van der Waals surface area contributed by atoms with Crippen LogP contribution in [-0.2, 0) is 23.7 Å². The van der Waals surface area contributed by atoms with Gasteiger partial charge in [-0.15, -0.1) is 0 Å². The minimum absolute atomic E-state index is 0.160. The molecule has 1 aliphatic rings. The molecule has 6 heteroatoms. The molecule has 0 aliphatic carbocycles. The maximum atomic E-state index is 14.3. The van der Waals surface area contributed by atoms with E-state index in [1.165, 1.54) is 0 Å². The van der Waals surface area contributed by atoms with Crippen LogP contribution in [0.3, 0.4) is 0 Å². The fraction of sp³-hybridized carbons (Fsp3) is 0.375. The van der Waals surface area contributed by atoms with Gasteiger partial charge in [0.25, 0.3) is 5.34 Å². The summed E-state index contributed by atoms with van der Waals surface area (Å²) in [6.07, 6.45) is 4.74. The number of benzene rings is 2. The highest BCUT2D eigenvalue weighted by Gasteiger charge is 2.61. The molecule has 2 aromatic carbocycles. The van der Waals surface area contributed by atoms with Crippen molar-refractivity contribution in [2.45, 2.75) is 45.4 Å². The third-order valence-electron chi connectivity index (χ3n) is 5.10. The molecule has 1 heterocycles. The summed E-state index contributed by atoms with van der Waals surface area (Å²) in [6, 6.07) is 16.4. The standard InChI is InChI=1S/C24H29O5P/c1-4-7-9-18-22-20-16-12-13-17-21(20)23(25)29-24(22,19-14-10-8-11-15-19)30(26,27-5-2)28-6-3/h8,10-18H,4-7,9H2,1-3H3/b22-18+. The molecule has 0 radical (unpaired) electrons. The lowest BCUT2D eigenvalue weighted by atomic mass is 9.87. The van der Waals surface area contributed by atoms with Crippen molar-refractivity contribution in [2.75, 3.05) is 13.2 Å². The summed E-state index contributed by atoms with van der Waals surface area (Å²) in [7, 11) is -3.96. The minimum atomic E-state index is -3.96. The highest BCUT2D eigenvalue weighted by molar-refractivity contribution is 7.55. The van der Waals surface area contributed by atoms with E-state index < -0.39 is 18.9 Å². The van der Waals surface area contributed by atoms with Gasteiger partial charge in [0, 0.05) is 11.1 Å². The van der Waals surface area contributed by atoms with Crippen LogP contribution in [0.15, 0.2) is 60.7 Å². The number of hydrogen-bond donors (Lipinski definition) is 0. The highest BCUT2D eigenvalue weighted by atomic mass is 31.2. The molecule has 0 amide bonds. The van der Waals surface area contributed by atoms with Gasteiger partial charge in [-0.05, 0) is 31.9 Å². The molecule has 0 fully saturated rings. The van der Waals surface area contributed by atoms with E-state index in [0.717, 1.165) is 19.3 Å². The fourth-order valence-electron chi connectivity index (χ4n) is 3.82. The predicted octanol–water partition coefficient (Wildman–Crippen LogP) is 6.55. The summed E-state index contributed by atoms with van der Waals surface area (Å²) in [5.74, 6) is -0.540. The topological polar surface area (TPSA) is 61.8 Å². The Kier molecular flexibility index (Phi) is 7.30. The van der Waals surface area contributed by atoms with E-state index in [-0.39, 0.29) is 13.2 Å². The van der Waals surface area contributed by atoms with Gasteiger partial charge >= 0.3 is 13.6 Å². The molecule has 1 aliphatic heterocycles. The van der Waals surface area contributed by atoms with Crippen LogP contribution in [0.4, 0.5) is 0 Å². The van der Waals surface area contributed by atoms with E-state index >= 15 is 0 Å². The maximum absolute atomic E-state index is 14.3. The monoisotopic (exact) mass is 428 g/mol. The first kappa shape index (κ1) is 22.5. The third-order valence-corrected chi connectivity index (χ3v) is 7.66. The molecule has 1 unspecified atom stereocenters. The fourth-order valence-corrected chi connectivity index (χ4v) is 6.11. The highest BCUT2D eigenvalue weighted by Crippen LogP contribution is 2.71. The number of rotatable bonds is 9. The number of ether oxygens (including phenoxy) is 1. The van der Waals surface area contributed by atoms with Gasteiger partial charge in [-0.25, -0.2) is 4.79 Å². The first-order chi connectivity index (χ1) is 14.5. The van der Waals surface area contributed by atoms with Crippen LogP contribution >= 0.6 is 7.60 Å². The number of hydrogen-bond acceptors (Lipinski definition) is 5. The number of allylic oxidation sites excluding steroid dienone is 1. The molecule has 1 atom stereocenters. The molecule has 30 heavy (non-hydrogen) atoms. The summed E-state index contributed by atoms with van der Waals surface area (Å²) in [5.41, 5.74) is 2.38. The second kappa shape index (κ2) is 9.74. The van der Waals surface area contributed by atoms with Gasteiger partial charge in [0.15, 0.2) is 0 Å². The second-order valence-electron chi connectivity index (χ2n) is 7.04. The van der Waals surface area contributed by atoms with Gasteiger partial charge in [0.05, 0.1) is 18.8 Å². The summed E-state index contributed by atoms with van der Waals surface area (Å²) in [5, 5.41) is -1.67. The maximum Gasteiger partial charge on any atom is 0.383 e. The molecule has 3 rings (SSSR count). The number of carbonyl (C=O) groups excluding carboxylic acids is 1. The Hall–Kier alpha value is -2.20. The lowest BCUT2D eigenvalue weighted by Crippen LogP contribution is -2.39. The molecule has 0 N–H and O–H groups in total. The van der Waals surface area contributed by atoms with Crippen LogP contribution in [0.2, 0.25) is 0 Å². The van der Waals surface area contributed by atoms with Crippen molar-refractivity contribution in [2.24, 2.45) is 0 Å². The van der Waals surface area contributed by atoms with E-state index in [1.54, 1.807) is 38.1 Å². The minimum Gasteiger partial charge on any atom is -0.432 e. The summed E-state index contributed by atoms with van der Waals surface area (Å²) < 4.78 is 32.0. The van der Waals surface area contributed by atoms with Crippen LogP contribution in [-0.4, -0.2) is 19.2 Å². The van der Waals surface area contributed by atoms with Crippen molar-refractivity contribution >= 4 is 19.1 Å². The van der Waals surface area contributed by atoms with E-state index in [1.807, 2.05) is 36.4 Å². The van der Waals surface area contributed by atoms with Crippen molar-refractivity contribution < 1.29 is 23.1 Å². The van der Waals surface area contributed by atoms with Gasteiger partial charge in [-0.1, -0.05) is 74.4 Å². The Morgan fingerprint density at radius 3 is 2.13 bits per heavy atom. The first-order valence-corrected chi connectivity index (χ1v) is 12.1. The number of carbonyl (C=O) groups is 1. The number of esters is 1. The average molecular weight is 428 g/mol. The molecule has 0 saturated carbocycles. The molecule has 2 aromatic rings. The second-order valence-corrected chi connectivity index (χ2v) is 9.18. The van der Waals surface area contributed by atoms with E-state index in [0.29, 0.717) is 22.3 Å². The Morgan fingerprint density at radius 2 is 1.53 bits per heavy atom. The molecular weight excluding hydrogens is 399 g/mol. The third kappa shape index (κ3) is 3.90. The van der Waals surface area contributed by atoms with Gasteiger partial charge in [0.1, 0.15) is 0 Å². The van der Waals surface area contributed by atoms with Crippen molar-refractivity contribution in [1.82, 2.24) is 0 Å². The lowest BCUT2D eigenvalue weighted by Gasteiger charge is -2.43. The largest absolute Gasteiger partial charge is 0.432 e. The number of fused-ring (bicyclic) bond motifs is 1. The molecule has 0 bridgehead atoms. The normalized spacial score (nSPS) is 20.1. The smallest absolute Gasteiger partial charge is 0.383 e. The van der Waals surface area contributed by atoms with Crippen molar-refractivity contribution in [3.63, 3.8) is 0 Å². The van der Waals surface area contributed by atoms with Crippen LogP contribution in [0.1, 0.15) is 61.5 Å². The zero-order valence-electron chi connectivity index (χ0n) is 17.8. The van der Waals surface area contributed by atoms with Crippen molar-refractivity contribution in [3.05, 3.63) is 77.4 Å². The Balaban J connectivity index is 2.37.